The average molecular weight is 482 g/mol. The summed E-state index contributed by atoms with van der Waals surface area (Å²) >= 11 is 0. The van der Waals surface area contributed by atoms with E-state index in [0.717, 1.165) is 12.8 Å². The van der Waals surface area contributed by atoms with Crippen molar-refractivity contribution in [2.45, 2.75) is 45.4 Å². The van der Waals surface area contributed by atoms with Gasteiger partial charge in [0.25, 0.3) is 0 Å². The molecule has 1 saturated heterocycles. The molecule has 0 aromatic heterocycles. The second-order valence-electron chi connectivity index (χ2n) is 5.00. The molecule has 2 rings (SSSR count). The van der Waals surface area contributed by atoms with Crippen molar-refractivity contribution in [2.24, 2.45) is 0 Å². The number of piperidine rings is 1. The Kier molecular flexibility index (Phi) is 11.0. The minimum atomic E-state index is -0.125. The largest absolute Gasteiger partial charge is 0.632 e. The zero-order valence-corrected chi connectivity index (χ0v) is 15.6. The second-order valence-corrected chi connectivity index (χ2v) is 5.00. The van der Waals surface area contributed by atoms with Crippen molar-refractivity contribution in [3.8, 4) is 0 Å². The van der Waals surface area contributed by atoms with Crippen LogP contribution in [0.4, 0.5) is 0 Å². The quantitative estimate of drug-likeness (QED) is 0.402. The molecule has 0 saturated carbocycles. The number of benzene rings is 1. The van der Waals surface area contributed by atoms with E-state index >= 15 is 0 Å². The molecule has 125 valence electrons. The van der Waals surface area contributed by atoms with Gasteiger partial charge in [0.05, 0.1) is 5.76 Å². The van der Waals surface area contributed by atoms with Crippen LogP contribution in [0.3, 0.4) is 0 Å². The van der Waals surface area contributed by atoms with E-state index in [1.807, 2.05) is 18.2 Å². The van der Waals surface area contributed by atoms with E-state index < -0.39 is 0 Å². The Morgan fingerprint density at radius 1 is 1.41 bits per heavy atom. The van der Waals surface area contributed by atoms with Crippen molar-refractivity contribution >= 4 is 5.78 Å². The molecule has 0 amide bonds. The molecule has 1 fully saturated rings. The number of ether oxygens (including phenoxy) is 1. The topological polar surface area (TPSA) is 60.6 Å². The molecule has 4 nitrogen and oxygen atoms in total. The Labute approximate surface area is 146 Å². The standard InChI is InChI=1S/C12H15NO.C5H8O2.Ir/c1-14-12-9-5-8-11(13-12)10-6-3-2-4-7-10;1-4(6)3-5(2)7;/h2-4,6,11-12H,5,8-9H2,1H3;3,6H,1-2H3;/q-2;;/b;4-3-;. The molecule has 1 aliphatic rings. The minimum absolute atomic E-state index is 0. The van der Waals surface area contributed by atoms with Crippen LogP contribution >= 0.6 is 0 Å². The van der Waals surface area contributed by atoms with Gasteiger partial charge in [-0.15, -0.1) is 6.04 Å². The van der Waals surface area contributed by atoms with Gasteiger partial charge in [0, 0.05) is 33.3 Å². The van der Waals surface area contributed by atoms with Crippen LogP contribution in [0.2, 0.25) is 0 Å². The maximum atomic E-state index is 10.0. The number of carbonyl (C=O) groups excluding carboxylic acids is 1. The van der Waals surface area contributed by atoms with Gasteiger partial charge in [-0.25, -0.2) is 0 Å². The Bertz CT molecular complexity index is 458. The molecule has 5 heteroatoms. The molecule has 1 heterocycles. The van der Waals surface area contributed by atoms with E-state index in [4.69, 9.17) is 9.84 Å². The molecule has 1 aliphatic heterocycles. The molecule has 1 aromatic rings. The summed E-state index contributed by atoms with van der Waals surface area (Å²) in [6.45, 7) is 2.85. The fraction of sp³-hybridized carbons (Fsp3) is 0.471. The van der Waals surface area contributed by atoms with Gasteiger partial charge in [-0.3, -0.25) is 4.79 Å². The van der Waals surface area contributed by atoms with Crippen molar-refractivity contribution < 1.29 is 34.7 Å². The molecule has 2 atom stereocenters. The Balaban J connectivity index is 0.000000478. The zero-order valence-electron chi connectivity index (χ0n) is 13.2. The molecule has 0 bridgehead atoms. The summed E-state index contributed by atoms with van der Waals surface area (Å²) in [7, 11) is 1.73. The zero-order chi connectivity index (χ0) is 15.7. The third-order valence-corrected chi connectivity index (χ3v) is 3.05. The van der Waals surface area contributed by atoms with Crippen LogP contribution in [0, 0.1) is 6.07 Å². The molecule has 22 heavy (non-hydrogen) atoms. The van der Waals surface area contributed by atoms with Gasteiger partial charge >= 0.3 is 0 Å². The summed E-state index contributed by atoms with van der Waals surface area (Å²) in [5, 5.41) is 13.0. The first-order valence-corrected chi connectivity index (χ1v) is 7.10. The van der Waals surface area contributed by atoms with Crippen LogP contribution in [0.5, 0.6) is 0 Å². The fourth-order valence-electron chi connectivity index (χ4n) is 2.16. The van der Waals surface area contributed by atoms with Gasteiger partial charge < -0.3 is 15.2 Å². The average Bonchev–Trinajstić information content (AvgIpc) is 2.47. The Hall–Kier alpha value is -1.00. The summed E-state index contributed by atoms with van der Waals surface area (Å²) in [6, 6.07) is 11.6. The van der Waals surface area contributed by atoms with E-state index in [9.17, 15) is 4.79 Å². The number of hydrogen-bond acceptors (Lipinski definition) is 3. The third-order valence-electron chi connectivity index (χ3n) is 3.05. The van der Waals surface area contributed by atoms with Gasteiger partial charge in [0.1, 0.15) is 0 Å². The van der Waals surface area contributed by atoms with Crippen molar-refractivity contribution in [1.82, 2.24) is 0 Å². The van der Waals surface area contributed by atoms with Gasteiger partial charge in [0.2, 0.25) is 0 Å². The SMILES string of the molecule is CC(=O)/C=C(/C)O.COC1CCCC(c2[c-]cccc2)[N-]1.[Ir]. The van der Waals surface area contributed by atoms with Gasteiger partial charge in [-0.1, -0.05) is 12.8 Å². The Morgan fingerprint density at radius 3 is 2.59 bits per heavy atom. The maximum Gasteiger partial charge on any atom is 0.155 e. The molecular weight excluding hydrogens is 458 g/mol. The molecule has 1 N–H and O–H groups in total. The number of aliphatic hydroxyl groups is 1. The Morgan fingerprint density at radius 2 is 2.14 bits per heavy atom. The van der Waals surface area contributed by atoms with Crippen LogP contribution in [0.15, 0.2) is 36.1 Å². The van der Waals surface area contributed by atoms with E-state index in [1.165, 1.54) is 31.9 Å². The first kappa shape index (κ1) is 21.0. The number of carbonyl (C=O) groups is 1. The number of aliphatic hydroxyl groups excluding tert-OH is 1. The predicted molar refractivity (Wildman–Crippen MR) is 83.1 cm³/mol. The smallest absolute Gasteiger partial charge is 0.155 e. The summed E-state index contributed by atoms with van der Waals surface area (Å²) in [5.41, 5.74) is 1.19. The third kappa shape index (κ3) is 8.44. The molecule has 1 aromatic carbocycles. The summed E-state index contributed by atoms with van der Waals surface area (Å²) < 4.78 is 5.26. The molecule has 0 spiro atoms. The summed E-state index contributed by atoms with van der Waals surface area (Å²) in [5.74, 6) is -0.0625. The van der Waals surface area contributed by atoms with Crippen LogP contribution in [-0.4, -0.2) is 24.2 Å². The first-order chi connectivity index (χ1) is 10.0. The van der Waals surface area contributed by atoms with Crippen molar-refractivity contribution in [1.29, 1.82) is 0 Å². The van der Waals surface area contributed by atoms with E-state index in [2.05, 4.69) is 17.4 Å². The number of allylic oxidation sites excluding steroid dienone is 2. The number of ketones is 1. The molecule has 0 aliphatic carbocycles. The van der Waals surface area contributed by atoms with E-state index in [1.54, 1.807) is 7.11 Å². The first-order valence-electron chi connectivity index (χ1n) is 7.10. The molecule has 1 radical (unpaired) electrons. The van der Waals surface area contributed by atoms with E-state index in [0.29, 0.717) is 0 Å². The van der Waals surface area contributed by atoms with E-state index in [-0.39, 0.29) is 43.9 Å². The van der Waals surface area contributed by atoms with Crippen LogP contribution < -0.4 is 0 Å². The van der Waals surface area contributed by atoms with Crippen LogP contribution in [-0.2, 0) is 29.6 Å². The fourth-order valence-corrected chi connectivity index (χ4v) is 2.16. The van der Waals surface area contributed by atoms with Crippen molar-refractivity contribution in [3.05, 3.63) is 53.0 Å². The summed E-state index contributed by atoms with van der Waals surface area (Å²) in [4.78, 5) is 10.0. The van der Waals surface area contributed by atoms with Crippen LogP contribution in [0.25, 0.3) is 5.32 Å². The van der Waals surface area contributed by atoms with Crippen molar-refractivity contribution in [2.75, 3.05) is 7.11 Å². The van der Waals surface area contributed by atoms with Gasteiger partial charge in [-0.2, -0.15) is 35.9 Å². The van der Waals surface area contributed by atoms with Crippen molar-refractivity contribution in [3.63, 3.8) is 0 Å². The summed E-state index contributed by atoms with van der Waals surface area (Å²) in [6.07, 6.45) is 4.62. The minimum Gasteiger partial charge on any atom is -0.632 e. The van der Waals surface area contributed by atoms with Gasteiger partial charge in [-0.05, 0) is 26.5 Å². The van der Waals surface area contributed by atoms with Crippen LogP contribution in [0.1, 0.15) is 44.7 Å². The molecule has 2 unspecified atom stereocenters. The maximum absolute atomic E-state index is 10.0. The predicted octanol–water partition coefficient (Wildman–Crippen LogP) is 4.09. The number of rotatable bonds is 3. The number of nitrogens with zero attached hydrogens (tertiary/aromatic N) is 1. The molecular formula is C17H23IrNO3-2. The number of methoxy groups -OCH3 is 1. The normalized spacial score (nSPS) is 21.1. The van der Waals surface area contributed by atoms with Gasteiger partial charge in [0.15, 0.2) is 5.78 Å². The monoisotopic (exact) mass is 482 g/mol. The number of hydrogen-bond donors (Lipinski definition) is 1. The second kappa shape index (κ2) is 11.6.